The van der Waals surface area contributed by atoms with Crippen molar-refractivity contribution in [2.45, 2.75) is 38.3 Å². The molecule has 2 heterocycles. The number of aliphatic hydroxyl groups excluding tert-OH is 1. The van der Waals surface area contributed by atoms with E-state index < -0.39 is 0 Å². The molecule has 1 aromatic carbocycles. The van der Waals surface area contributed by atoms with Crippen molar-refractivity contribution in [1.82, 2.24) is 4.98 Å². The van der Waals surface area contributed by atoms with Gasteiger partial charge in [0.15, 0.2) is 5.13 Å². The highest BCUT2D eigenvalue weighted by Gasteiger charge is 2.50. The summed E-state index contributed by atoms with van der Waals surface area (Å²) in [5, 5.41) is 20.5. The van der Waals surface area contributed by atoms with Gasteiger partial charge >= 0.3 is 0 Å². The van der Waals surface area contributed by atoms with Crippen LogP contribution in [0.15, 0.2) is 36.5 Å². The van der Waals surface area contributed by atoms with Gasteiger partial charge in [0.2, 0.25) is 0 Å². The molecule has 0 spiro atoms. The van der Waals surface area contributed by atoms with Crippen LogP contribution in [0.25, 0.3) is 6.08 Å². The van der Waals surface area contributed by atoms with Crippen LogP contribution in [0, 0.1) is 11.3 Å². The van der Waals surface area contributed by atoms with Crippen LogP contribution in [0.4, 0.5) is 5.13 Å². The fourth-order valence-electron chi connectivity index (χ4n) is 3.37. The Balaban J connectivity index is 1.97. The van der Waals surface area contributed by atoms with Crippen LogP contribution in [0.1, 0.15) is 35.8 Å². The molecule has 5 heteroatoms. The Hall–Kier alpha value is -2.16. The molecular weight excluding hydrogens is 318 g/mol. The standard InChI is InChI=1S/C19H21N3OS/c1-3-7-13-8-5-6-9-15(13)18-16(10-20)22(17(18)12-23)19-21-11-14(4-2)24-19/h3,5-9,11,16-18,23H,4,12H2,1-2H3/b7-3+/t16-,17-,18+/m1/s1. The molecule has 0 amide bonds. The molecule has 3 rings (SSSR count). The Bertz CT molecular complexity index is 777. The highest BCUT2D eigenvalue weighted by molar-refractivity contribution is 7.15. The number of rotatable bonds is 5. The van der Waals surface area contributed by atoms with Crippen molar-refractivity contribution in [2.24, 2.45) is 0 Å². The first-order valence-corrected chi connectivity index (χ1v) is 9.01. The molecule has 1 aliphatic heterocycles. The highest BCUT2D eigenvalue weighted by atomic mass is 32.1. The number of hydrogen-bond acceptors (Lipinski definition) is 5. The Morgan fingerprint density at radius 3 is 2.83 bits per heavy atom. The molecule has 0 bridgehead atoms. The summed E-state index contributed by atoms with van der Waals surface area (Å²) in [6, 6.07) is 10.1. The zero-order valence-corrected chi connectivity index (χ0v) is 14.7. The molecule has 2 aromatic rings. The van der Waals surface area contributed by atoms with Crippen LogP contribution in [-0.2, 0) is 6.42 Å². The maximum atomic E-state index is 9.96. The predicted molar refractivity (Wildman–Crippen MR) is 98.1 cm³/mol. The summed E-state index contributed by atoms with van der Waals surface area (Å²) in [6.07, 6.45) is 6.85. The molecule has 0 aliphatic carbocycles. The number of benzene rings is 1. The highest BCUT2D eigenvalue weighted by Crippen LogP contribution is 2.45. The molecular formula is C19H21N3OS. The van der Waals surface area contributed by atoms with Crippen molar-refractivity contribution >= 4 is 22.5 Å². The monoisotopic (exact) mass is 339 g/mol. The third-order valence-electron chi connectivity index (χ3n) is 4.54. The van der Waals surface area contributed by atoms with Gasteiger partial charge in [-0.15, -0.1) is 11.3 Å². The maximum absolute atomic E-state index is 9.96. The van der Waals surface area contributed by atoms with Gasteiger partial charge in [0, 0.05) is 17.0 Å². The van der Waals surface area contributed by atoms with Crippen LogP contribution in [0.3, 0.4) is 0 Å². The van der Waals surface area contributed by atoms with E-state index in [4.69, 9.17) is 0 Å². The van der Waals surface area contributed by atoms with Gasteiger partial charge < -0.3 is 10.0 Å². The summed E-state index contributed by atoms with van der Waals surface area (Å²) in [6.45, 7) is 4.08. The summed E-state index contributed by atoms with van der Waals surface area (Å²) in [4.78, 5) is 7.62. The topological polar surface area (TPSA) is 60.2 Å². The summed E-state index contributed by atoms with van der Waals surface area (Å²) < 4.78 is 0. The Kier molecular flexibility index (Phi) is 4.98. The third kappa shape index (κ3) is 2.72. The summed E-state index contributed by atoms with van der Waals surface area (Å²) in [5.74, 6) is -0.0126. The van der Waals surface area contributed by atoms with Crippen molar-refractivity contribution in [2.75, 3.05) is 11.5 Å². The van der Waals surface area contributed by atoms with Gasteiger partial charge in [-0.2, -0.15) is 5.26 Å². The number of hydrogen-bond donors (Lipinski definition) is 1. The second-order valence-electron chi connectivity index (χ2n) is 5.85. The van der Waals surface area contributed by atoms with Crippen LogP contribution in [0.2, 0.25) is 0 Å². The first kappa shape index (κ1) is 16.7. The van der Waals surface area contributed by atoms with Crippen molar-refractivity contribution in [3.05, 3.63) is 52.5 Å². The van der Waals surface area contributed by atoms with Crippen molar-refractivity contribution in [1.29, 1.82) is 5.26 Å². The number of aliphatic hydroxyl groups is 1. The number of allylic oxidation sites excluding steroid dienone is 1. The zero-order valence-electron chi connectivity index (χ0n) is 13.9. The lowest BCUT2D eigenvalue weighted by atomic mass is 9.74. The Morgan fingerprint density at radius 2 is 2.21 bits per heavy atom. The minimum absolute atomic E-state index is 0.00799. The molecule has 0 unspecified atom stereocenters. The second-order valence-corrected chi connectivity index (χ2v) is 6.94. The Morgan fingerprint density at radius 1 is 1.42 bits per heavy atom. The van der Waals surface area contributed by atoms with E-state index in [1.54, 1.807) is 11.3 Å². The van der Waals surface area contributed by atoms with Gasteiger partial charge in [-0.05, 0) is 24.5 Å². The minimum atomic E-state index is -0.301. The fraction of sp³-hybridized carbons (Fsp3) is 0.368. The Labute approximate surface area is 146 Å². The molecule has 1 N–H and O–H groups in total. The van der Waals surface area contributed by atoms with Gasteiger partial charge in [0.25, 0.3) is 0 Å². The molecule has 24 heavy (non-hydrogen) atoms. The van der Waals surface area contributed by atoms with Crippen LogP contribution in [0.5, 0.6) is 0 Å². The lowest BCUT2D eigenvalue weighted by Crippen LogP contribution is -2.63. The maximum Gasteiger partial charge on any atom is 0.186 e. The van der Waals surface area contributed by atoms with Crippen LogP contribution >= 0.6 is 11.3 Å². The lowest BCUT2D eigenvalue weighted by Gasteiger charge is -2.52. The first-order chi connectivity index (χ1) is 11.7. The molecule has 0 radical (unpaired) electrons. The van der Waals surface area contributed by atoms with Crippen LogP contribution < -0.4 is 4.90 Å². The van der Waals surface area contributed by atoms with Gasteiger partial charge in [0.1, 0.15) is 6.04 Å². The van der Waals surface area contributed by atoms with Gasteiger partial charge in [0.05, 0.1) is 18.7 Å². The lowest BCUT2D eigenvalue weighted by molar-refractivity contribution is 0.187. The normalized spacial score (nSPS) is 23.2. The molecule has 0 saturated carbocycles. The molecule has 1 saturated heterocycles. The number of anilines is 1. The molecule has 4 nitrogen and oxygen atoms in total. The molecule has 1 aliphatic rings. The quantitative estimate of drug-likeness (QED) is 0.904. The second kappa shape index (κ2) is 7.16. The summed E-state index contributed by atoms with van der Waals surface area (Å²) in [5.41, 5.74) is 2.22. The number of nitrogens with zero attached hydrogens (tertiary/aromatic N) is 3. The average molecular weight is 339 g/mol. The summed E-state index contributed by atoms with van der Waals surface area (Å²) in [7, 11) is 0. The largest absolute Gasteiger partial charge is 0.394 e. The van der Waals surface area contributed by atoms with E-state index in [1.807, 2.05) is 36.2 Å². The number of nitriles is 1. The number of thiazole rings is 1. The van der Waals surface area contributed by atoms with Crippen molar-refractivity contribution in [3.63, 3.8) is 0 Å². The fourth-order valence-corrected chi connectivity index (χ4v) is 4.31. The predicted octanol–water partition coefficient (Wildman–Crippen LogP) is 3.60. The minimum Gasteiger partial charge on any atom is -0.394 e. The smallest absolute Gasteiger partial charge is 0.186 e. The molecule has 1 aromatic heterocycles. The zero-order chi connectivity index (χ0) is 17.1. The van der Waals surface area contributed by atoms with E-state index in [-0.39, 0.29) is 24.6 Å². The van der Waals surface area contributed by atoms with Gasteiger partial charge in [-0.1, -0.05) is 43.3 Å². The van der Waals surface area contributed by atoms with E-state index in [1.165, 1.54) is 4.88 Å². The van der Waals surface area contributed by atoms with E-state index in [0.717, 1.165) is 22.7 Å². The first-order valence-electron chi connectivity index (χ1n) is 8.20. The third-order valence-corrected chi connectivity index (χ3v) is 5.70. The average Bonchev–Trinajstić information content (AvgIpc) is 3.05. The van der Waals surface area contributed by atoms with E-state index in [9.17, 15) is 10.4 Å². The van der Waals surface area contributed by atoms with Crippen molar-refractivity contribution < 1.29 is 5.11 Å². The number of aromatic nitrogens is 1. The van der Waals surface area contributed by atoms with Gasteiger partial charge in [-0.25, -0.2) is 4.98 Å². The van der Waals surface area contributed by atoms with Crippen LogP contribution in [-0.4, -0.2) is 28.8 Å². The van der Waals surface area contributed by atoms with E-state index in [0.29, 0.717) is 0 Å². The SMILES string of the molecule is C/C=C/c1ccccc1[C@H]1[C@@H](C#N)N(c2ncc(CC)s2)[C@@H]1CO. The van der Waals surface area contributed by atoms with Crippen molar-refractivity contribution in [3.8, 4) is 6.07 Å². The molecule has 124 valence electrons. The number of aryl methyl sites for hydroxylation is 1. The van der Waals surface area contributed by atoms with E-state index in [2.05, 4.69) is 36.2 Å². The molecule has 1 fully saturated rings. The molecule has 3 atom stereocenters. The van der Waals surface area contributed by atoms with Gasteiger partial charge in [-0.3, -0.25) is 0 Å². The summed E-state index contributed by atoms with van der Waals surface area (Å²) >= 11 is 1.61. The van der Waals surface area contributed by atoms with E-state index >= 15 is 0 Å².